The van der Waals surface area contributed by atoms with Gasteiger partial charge in [-0.15, -0.1) is 0 Å². The molecule has 0 bridgehead atoms. The van der Waals surface area contributed by atoms with Crippen molar-refractivity contribution in [3.8, 4) is 5.75 Å². The second kappa shape index (κ2) is 16.5. The molecule has 3 N–H and O–H groups in total. The lowest BCUT2D eigenvalue weighted by molar-refractivity contribution is -0.155. The largest absolute Gasteiger partial charge is 0.508 e. The average molecular weight is 691 g/mol. The quantitative estimate of drug-likeness (QED) is 0.279. The summed E-state index contributed by atoms with van der Waals surface area (Å²) in [4.78, 5) is 54.1. The summed E-state index contributed by atoms with van der Waals surface area (Å²) in [6, 6.07) is 12.6. The second-order valence-electron chi connectivity index (χ2n) is 13.7. The number of amides is 2. The highest BCUT2D eigenvalue weighted by Crippen LogP contribution is 2.33. The molecule has 12 nitrogen and oxygen atoms in total. The number of esters is 2. The van der Waals surface area contributed by atoms with Gasteiger partial charge in [0.15, 0.2) is 0 Å². The van der Waals surface area contributed by atoms with Crippen molar-refractivity contribution in [2.45, 2.75) is 95.3 Å². The van der Waals surface area contributed by atoms with Crippen molar-refractivity contribution in [2.75, 3.05) is 19.9 Å². The Kier molecular flexibility index (Phi) is 12.1. The number of carbonyl (C=O) groups excluding carboxylic acids is 4. The zero-order chi connectivity index (χ0) is 35.8. The van der Waals surface area contributed by atoms with Crippen molar-refractivity contribution in [3.05, 3.63) is 82.9 Å². The molecule has 1 aliphatic carbocycles. The number of carbonyl (C=O) groups is 4. The maximum atomic E-state index is 13.9. The van der Waals surface area contributed by atoms with Crippen LogP contribution in [0.2, 0.25) is 0 Å². The molecule has 5 atom stereocenters. The van der Waals surface area contributed by atoms with E-state index >= 15 is 0 Å². The molecule has 2 aliphatic heterocycles. The molecule has 3 aliphatic rings. The van der Waals surface area contributed by atoms with Crippen molar-refractivity contribution in [1.82, 2.24) is 10.2 Å². The predicted octanol–water partition coefficient (Wildman–Crippen LogP) is 3.84. The topological polar surface area (TPSA) is 161 Å². The molecule has 2 aromatic rings. The molecule has 2 saturated heterocycles. The van der Waals surface area contributed by atoms with Crippen LogP contribution in [0, 0.1) is 0 Å². The highest BCUT2D eigenvalue weighted by molar-refractivity contribution is 5.98. The Labute approximate surface area is 292 Å². The van der Waals surface area contributed by atoms with Crippen molar-refractivity contribution < 1.29 is 48.3 Å². The lowest BCUT2D eigenvalue weighted by Crippen LogP contribution is -2.51. The van der Waals surface area contributed by atoms with E-state index in [1.54, 1.807) is 63.2 Å². The molecule has 50 heavy (non-hydrogen) atoms. The van der Waals surface area contributed by atoms with Gasteiger partial charge in [-0.25, -0.2) is 4.79 Å². The van der Waals surface area contributed by atoms with Gasteiger partial charge < -0.3 is 39.4 Å². The summed E-state index contributed by atoms with van der Waals surface area (Å²) in [6.45, 7) is 5.28. The molecule has 5 rings (SSSR count). The number of benzene rings is 2. The van der Waals surface area contributed by atoms with E-state index in [2.05, 4.69) is 5.32 Å². The van der Waals surface area contributed by atoms with Crippen molar-refractivity contribution in [3.63, 3.8) is 0 Å². The minimum absolute atomic E-state index is 0.0102. The number of ether oxygens (including phenoxy) is 4. The number of fused-ring (bicyclic) bond motifs is 1. The number of nitrogens with one attached hydrogen (secondary N) is 1. The van der Waals surface area contributed by atoms with Crippen LogP contribution < -0.4 is 5.32 Å². The molecular formula is C38H46N2O10. The predicted molar refractivity (Wildman–Crippen MR) is 183 cm³/mol. The summed E-state index contributed by atoms with van der Waals surface area (Å²) < 4.78 is 22.7. The number of phenolic OH excluding ortho intramolecular Hbond substituents is 1. The first-order valence-corrected chi connectivity index (χ1v) is 17.0. The Morgan fingerprint density at radius 2 is 1.84 bits per heavy atom. The lowest BCUT2D eigenvalue weighted by Gasteiger charge is -2.33. The van der Waals surface area contributed by atoms with Crippen LogP contribution in [0.15, 0.2) is 66.3 Å². The van der Waals surface area contributed by atoms with E-state index < -0.39 is 53.8 Å². The summed E-state index contributed by atoms with van der Waals surface area (Å²) in [5.41, 5.74) is 1.74. The highest BCUT2D eigenvalue weighted by Gasteiger charge is 2.45. The number of rotatable bonds is 12. The molecule has 0 radical (unpaired) electrons. The standard InChI is InChI=1S/C38H46N2O10/c1-38(2,3)50-33(43)18-17-28(22-41)39-35(44)29-11-7-19-40(29)36(45)27-20-31-34(48-23-47-31)32(21-27)49-37(46)26-15-13-24(14-16-26)8-6-10-25-9-4-5-12-30(25)42/h4-6,8-9,12-16,20,28-29,31-32,34,41-42H,7,10-11,17-19,21-23H2,1-3H3,(H,39,44). The molecule has 12 heteroatoms. The SMILES string of the molecule is CC(C)(C)OC(=O)CCC(CO)NC(=O)C1CCCN1C(=O)C1=CC2OCOC2C(OC(=O)c2ccc(C=CCc3ccccc3O)cc2)C1. The van der Waals surface area contributed by atoms with Crippen LogP contribution in [-0.2, 0) is 39.8 Å². The van der Waals surface area contributed by atoms with E-state index in [0.717, 1.165) is 11.1 Å². The number of allylic oxidation sites excluding steroid dienone is 1. The van der Waals surface area contributed by atoms with Crippen molar-refractivity contribution >= 4 is 29.8 Å². The van der Waals surface area contributed by atoms with Crippen LogP contribution in [-0.4, -0.2) is 94.8 Å². The monoisotopic (exact) mass is 690 g/mol. The van der Waals surface area contributed by atoms with Gasteiger partial charge in [-0.05, 0) is 81.9 Å². The molecule has 2 aromatic carbocycles. The number of aliphatic hydroxyl groups excluding tert-OH is 1. The summed E-state index contributed by atoms with van der Waals surface area (Å²) in [5, 5.41) is 22.6. The third-order valence-electron chi connectivity index (χ3n) is 8.82. The number of likely N-dealkylation sites (tertiary alicyclic amines) is 1. The first-order valence-electron chi connectivity index (χ1n) is 17.0. The third-order valence-corrected chi connectivity index (χ3v) is 8.82. The maximum absolute atomic E-state index is 13.9. The van der Waals surface area contributed by atoms with Gasteiger partial charge >= 0.3 is 11.9 Å². The number of nitrogens with zero attached hydrogens (tertiary/aromatic N) is 1. The van der Waals surface area contributed by atoms with Crippen molar-refractivity contribution in [1.29, 1.82) is 0 Å². The van der Waals surface area contributed by atoms with Gasteiger partial charge in [0.05, 0.1) is 18.2 Å². The zero-order valence-corrected chi connectivity index (χ0v) is 28.7. The van der Waals surface area contributed by atoms with E-state index in [0.29, 0.717) is 36.9 Å². The maximum Gasteiger partial charge on any atom is 0.338 e. The van der Waals surface area contributed by atoms with E-state index in [9.17, 15) is 29.4 Å². The molecule has 2 fully saturated rings. The molecule has 2 heterocycles. The van der Waals surface area contributed by atoms with Crippen LogP contribution in [0.25, 0.3) is 6.08 Å². The summed E-state index contributed by atoms with van der Waals surface area (Å²) >= 11 is 0. The van der Waals surface area contributed by atoms with Crippen LogP contribution in [0.5, 0.6) is 5.75 Å². The van der Waals surface area contributed by atoms with E-state index in [4.69, 9.17) is 18.9 Å². The Hall–Kier alpha value is -4.52. The Bertz CT molecular complexity index is 1600. The fourth-order valence-electron chi connectivity index (χ4n) is 6.31. The normalized spacial score (nSPS) is 22.5. The van der Waals surface area contributed by atoms with Crippen LogP contribution in [0.4, 0.5) is 0 Å². The fraction of sp³-hybridized carbons (Fsp3) is 0.474. The highest BCUT2D eigenvalue weighted by atomic mass is 16.7. The molecule has 5 unspecified atom stereocenters. The van der Waals surface area contributed by atoms with Gasteiger partial charge in [-0.3, -0.25) is 14.4 Å². The number of aromatic hydroxyl groups is 1. The smallest absolute Gasteiger partial charge is 0.338 e. The van der Waals surface area contributed by atoms with Crippen LogP contribution >= 0.6 is 0 Å². The number of para-hydroxylation sites is 1. The number of hydrogen-bond donors (Lipinski definition) is 3. The molecule has 0 saturated carbocycles. The van der Waals surface area contributed by atoms with E-state index in [-0.39, 0.29) is 44.3 Å². The van der Waals surface area contributed by atoms with Crippen LogP contribution in [0.1, 0.15) is 74.4 Å². The number of aliphatic hydroxyl groups is 1. The summed E-state index contributed by atoms with van der Waals surface area (Å²) in [7, 11) is 0. The van der Waals surface area contributed by atoms with E-state index in [1.165, 1.54) is 4.90 Å². The molecule has 2 amide bonds. The lowest BCUT2D eigenvalue weighted by atomic mass is 9.91. The third kappa shape index (κ3) is 9.58. The van der Waals surface area contributed by atoms with Gasteiger partial charge in [0.25, 0.3) is 0 Å². The van der Waals surface area contributed by atoms with E-state index in [1.807, 2.05) is 24.3 Å². The first-order chi connectivity index (χ1) is 23.9. The first kappa shape index (κ1) is 36.8. The molecular weight excluding hydrogens is 644 g/mol. The zero-order valence-electron chi connectivity index (χ0n) is 28.7. The minimum Gasteiger partial charge on any atom is -0.508 e. The number of phenols is 1. The van der Waals surface area contributed by atoms with Crippen LogP contribution in [0.3, 0.4) is 0 Å². The molecule has 0 spiro atoms. The average Bonchev–Trinajstić information content (AvgIpc) is 3.77. The van der Waals surface area contributed by atoms with Crippen molar-refractivity contribution in [2.24, 2.45) is 0 Å². The summed E-state index contributed by atoms with van der Waals surface area (Å²) in [6.07, 6.45) is 5.45. The second-order valence-corrected chi connectivity index (χ2v) is 13.7. The molecule has 0 aromatic heterocycles. The van der Waals surface area contributed by atoms with Gasteiger partial charge in [0, 0.05) is 25.0 Å². The fourth-order valence-corrected chi connectivity index (χ4v) is 6.31. The minimum atomic E-state index is -0.793. The van der Waals surface area contributed by atoms with Gasteiger partial charge in [-0.2, -0.15) is 0 Å². The Morgan fingerprint density at radius 1 is 1.08 bits per heavy atom. The number of hydrogen-bond acceptors (Lipinski definition) is 10. The molecule has 268 valence electrons. The van der Waals surface area contributed by atoms with Gasteiger partial charge in [0.2, 0.25) is 11.8 Å². The Morgan fingerprint density at radius 3 is 2.56 bits per heavy atom. The van der Waals surface area contributed by atoms with Gasteiger partial charge in [-0.1, -0.05) is 42.5 Å². The Balaban J connectivity index is 1.18. The summed E-state index contributed by atoms with van der Waals surface area (Å²) in [5.74, 6) is -1.52. The van der Waals surface area contributed by atoms with Gasteiger partial charge in [0.1, 0.15) is 42.5 Å².